The molecule has 2 rings (SSSR count). The van der Waals surface area contributed by atoms with Gasteiger partial charge in [-0.05, 0) is 29.6 Å². The Balaban J connectivity index is 2.35. The highest BCUT2D eigenvalue weighted by atomic mass is 32.2. The van der Waals surface area contributed by atoms with Crippen LogP contribution in [0.3, 0.4) is 0 Å². The number of nitrogens with two attached hydrogens (primary N) is 1. The van der Waals surface area contributed by atoms with E-state index in [2.05, 4.69) is 0 Å². The molecule has 7 heteroatoms. The molecule has 0 saturated carbocycles. The molecule has 2 N–H and O–H groups in total. The summed E-state index contributed by atoms with van der Waals surface area (Å²) in [4.78, 5) is 3.39. The van der Waals surface area contributed by atoms with Crippen LogP contribution in [0.25, 0.3) is 0 Å². The van der Waals surface area contributed by atoms with E-state index in [4.69, 9.17) is 5.73 Å². The first kappa shape index (κ1) is 15.8. The van der Waals surface area contributed by atoms with E-state index in [1.165, 1.54) is 29.3 Å². The monoisotopic (exact) mass is 325 g/mol. The number of hydrogen-bond acceptors (Lipinski definition) is 5. The largest absolute Gasteiger partial charge is 0.397 e. The zero-order valence-electron chi connectivity index (χ0n) is 12.3. The fourth-order valence-corrected chi connectivity index (χ4v) is 3.63. The quantitative estimate of drug-likeness (QED) is 0.856. The van der Waals surface area contributed by atoms with Crippen LogP contribution in [0.1, 0.15) is 4.88 Å². The molecule has 1 aromatic carbocycles. The lowest BCUT2D eigenvalue weighted by atomic mass is 10.2. The lowest BCUT2D eigenvalue weighted by Crippen LogP contribution is -2.23. The van der Waals surface area contributed by atoms with E-state index in [-0.39, 0.29) is 4.90 Å². The number of nitrogen functional groups attached to an aromatic ring is 1. The van der Waals surface area contributed by atoms with Crippen molar-refractivity contribution in [3.05, 3.63) is 40.6 Å². The van der Waals surface area contributed by atoms with E-state index in [9.17, 15) is 8.42 Å². The van der Waals surface area contributed by atoms with Crippen LogP contribution in [0.4, 0.5) is 11.4 Å². The van der Waals surface area contributed by atoms with Gasteiger partial charge in [0, 0.05) is 26.0 Å². The standard InChI is InChI=1S/C14H19N3O2S2/c1-16(2)21(18,19)12-6-7-13(15)14(9-12)17(3)10-11-5-4-8-20-11/h4-9H,10,15H2,1-3H3. The maximum atomic E-state index is 12.2. The van der Waals surface area contributed by atoms with Crippen LogP contribution in [-0.2, 0) is 16.6 Å². The van der Waals surface area contributed by atoms with Gasteiger partial charge in [0.15, 0.2) is 0 Å². The first-order chi connectivity index (χ1) is 9.82. The number of nitrogens with zero attached hydrogens (tertiary/aromatic N) is 2. The third-order valence-corrected chi connectivity index (χ3v) is 5.84. The Kier molecular flexibility index (Phi) is 4.55. The SMILES string of the molecule is CN(Cc1cccs1)c1cc(S(=O)(=O)N(C)C)ccc1N. The van der Waals surface area contributed by atoms with Crippen LogP contribution < -0.4 is 10.6 Å². The van der Waals surface area contributed by atoms with Gasteiger partial charge in [0.1, 0.15) is 0 Å². The topological polar surface area (TPSA) is 66.6 Å². The lowest BCUT2D eigenvalue weighted by molar-refractivity contribution is 0.521. The highest BCUT2D eigenvalue weighted by Crippen LogP contribution is 2.28. The number of benzene rings is 1. The second kappa shape index (κ2) is 6.05. The van der Waals surface area contributed by atoms with Gasteiger partial charge in [-0.15, -0.1) is 11.3 Å². The average Bonchev–Trinajstić information content (AvgIpc) is 2.91. The normalized spacial score (nSPS) is 11.8. The summed E-state index contributed by atoms with van der Waals surface area (Å²) in [5, 5.41) is 2.01. The molecule has 0 unspecified atom stereocenters. The van der Waals surface area contributed by atoms with Crippen LogP contribution in [-0.4, -0.2) is 33.9 Å². The third-order valence-electron chi connectivity index (χ3n) is 3.16. The van der Waals surface area contributed by atoms with Crippen LogP contribution >= 0.6 is 11.3 Å². The van der Waals surface area contributed by atoms with Crippen molar-refractivity contribution >= 4 is 32.7 Å². The molecule has 1 heterocycles. The van der Waals surface area contributed by atoms with Gasteiger partial charge in [-0.2, -0.15) is 0 Å². The van der Waals surface area contributed by atoms with Gasteiger partial charge in [-0.3, -0.25) is 0 Å². The zero-order chi connectivity index (χ0) is 15.6. The maximum absolute atomic E-state index is 12.2. The molecule has 0 radical (unpaired) electrons. The molecular formula is C14H19N3O2S2. The summed E-state index contributed by atoms with van der Waals surface area (Å²) in [5.41, 5.74) is 7.27. The van der Waals surface area contributed by atoms with Gasteiger partial charge in [0.25, 0.3) is 0 Å². The molecule has 5 nitrogen and oxygen atoms in total. The molecule has 0 bridgehead atoms. The minimum absolute atomic E-state index is 0.245. The van der Waals surface area contributed by atoms with Gasteiger partial charge in [-0.25, -0.2) is 12.7 Å². The van der Waals surface area contributed by atoms with Crippen molar-refractivity contribution in [1.82, 2.24) is 4.31 Å². The highest BCUT2D eigenvalue weighted by Gasteiger charge is 2.19. The predicted molar refractivity (Wildman–Crippen MR) is 88.2 cm³/mol. The molecule has 1 aromatic heterocycles. The fraction of sp³-hybridized carbons (Fsp3) is 0.286. The second-order valence-corrected chi connectivity index (χ2v) is 8.13. The summed E-state index contributed by atoms with van der Waals surface area (Å²) >= 11 is 1.66. The Bertz CT molecular complexity index is 710. The van der Waals surface area contributed by atoms with Crippen molar-refractivity contribution in [2.75, 3.05) is 31.8 Å². The molecule has 2 aromatic rings. The average molecular weight is 325 g/mol. The van der Waals surface area contributed by atoms with Gasteiger partial charge in [0.2, 0.25) is 10.0 Å². The Hall–Kier alpha value is -1.57. The van der Waals surface area contributed by atoms with Crippen LogP contribution in [0.15, 0.2) is 40.6 Å². The Morgan fingerprint density at radius 1 is 1.19 bits per heavy atom. The molecule has 21 heavy (non-hydrogen) atoms. The molecule has 0 aliphatic heterocycles. The number of sulfonamides is 1. The Labute approximate surface area is 129 Å². The van der Waals surface area contributed by atoms with Gasteiger partial charge < -0.3 is 10.6 Å². The van der Waals surface area contributed by atoms with Crippen molar-refractivity contribution in [2.45, 2.75) is 11.4 Å². The van der Waals surface area contributed by atoms with Crippen molar-refractivity contribution in [1.29, 1.82) is 0 Å². The summed E-state index contributed by atoms with van der Waals surface area (Å²) in [6.45, 7) is 0.688. The summed E-state index contributed by atoms with van der Waals surface area (Å²) in [6, 6.07) is 8.82. The van der Waals surface area contributed by atoms with Crippen molar-refractivity contribution in [3.8, 4) is 0 Å². The van der Waals surface area contributed by atoms with Crippen molar-refractivity contribution in [3.63, 3.8) is 0 Å². The highest BCUT2D eigenvalue weighted by molar-refractivity contribution is 7.89. The van der Waals surface area contributed by atoms with Gasteiger partial charge in [0.05, 0.1) is 22.8 Å². The van der Waals surface area contributed by atoms with Gasteiger partial charge >= 0.3 is 0 Å². The molecule has 0 atom stereocenters. The minimum atomic E-state index is -3.46. The lowest BCUT2D eigenvalue weighted by Gasteiger charge is -2.22. The second-order valence-electron chi connectivity index (χ2n) is 4.94. The summed E-state index contributed by atoms with van der Waals surface area (Å²) in [5.74, 6) is 0. The van der Waals surface area contributed by atoms with Crippen LogP contribution in [0.2, 0.25) is 0 Å². The molecule has 0 amide bonds. The maximum Gasteiger partial charge on any atom is 0.242 e. The van der Waals surface area contributed by atoms with E-state index in [1.807, 2.05) is 29.5 Å². The Morgan fingerprint density at radius 3 is 2.48 bits per heavy atom. The molecule has 114 valence electrons. The number of anilines is 2. The molecule has 0 aliphatic rings. The van der Waals surface area contributed by atoms with E-state index in [0.717, 1.165) is 0 Å². The molecular weight excluding hydrogens is 306 g/mol. The molecule has 0 fully saturated rings. The van der Waals surface area contributed by atoms with Gasteiger partial charge in [-0.1, -0.05) is 6.07 Å². The number of rotatable bonds is 5. The van der Waals surface area contributed by atoms with E-state index >= 15 is 0 Å². The predicted octanol–water partition coefficient (Wildman–Crippen LogP) is 2.22. The summed E-state index contributed by atoms with van der Waals surface area (Å²) in [7, 11) is 1.47. The summed E-state index contributed by atoms with van der Waals surface area (Å²) < 4.78 is 25.6. The number of hydrogen-bond donors (Lipinski definition) is 1. The number of thiophene rings is 1. The fourth-order valence-electron chi connectivity index (χ4n) is 1.95. The van der Waals surface area contributed by atoms with Crippen LogP contribution in [0.5, 0.6) is 0 Å². The van der Waals surface area contributed by atoms with E-state index < -0.39 is 10.0 Å². The van der Waals surface area contributed by atoms with Crippen molar-refractivity contribution in [2.24, 2.45) is 0 Å². The third kappa shape index (κ3) is 3.37. The Morgan fingerprint density at radius 2 is 1.90 bits per heavy atom. The summed E-state index contributed by atoms with van der Waals surface area (Å²) in [6.07, 6.45) is 0. The smallest absolute Gasteiger partial charge is 0.242 e. The van der Waals surface area contributed by atoms with Crippen molar-refractivity contribution < 1.29 is 8.42 Å². The first-order valence-electron chi connectivity index (χ1n) is 6.38. The molecule has 0 spiro atoms. The molecule has 0 saturated heterocycles. The van der Waals surface area contributed by atoms with E-state index in [1.54, 1.807) is 23.5 Å². The van der Waals surface area contributed by atoms with E-state index in [0.29, 0.717) is 17.9 Å². The minimum Gasteiger partial charge on any atom is -0.397 e. The van der Waals surface area contributed by atoms with Crippen LogP contribution in [0, 0.1) is 0 Å². The molecule has 0 aliphatic carbocycles. The zero-order valence-corrected chi connectivity index (χ0v) is 13.9. The first-order valence-corrected chi connectivity index (χ1v) is 8.70.